The molecule has 3 rings (SSSR count). The first-order valence-electron chi connectivity index (χ1n) is 5.93. The van der Waals surface area contributed by atoms with Crippen molar-refractivity contribution in [3.05, 3.63) is 40.9 Å². The van der Waals surface area contributed by atoms with Crippen molar-refractivity contribution in [2.24, 2.45) is 7.05 Å². The van der Waals surface area contributed by atoms with Crippen molar-refractivity contribution in [2.75, 3.05) is 0 Å². The molecule has 0 aliphatic rings. The standard InChI is InChI=1S/C13H14N4S/c1-3-9-12(8-16(2)15-9)17-11-7-5-4-6-10(11)14-13(17)18/h4-8H,3H2,1-2H3,(H,14,18). The highest BCUT2D eigenvalue weighted by Gasteiger charge is 2.12. The van der Waals surface area contributed by atoms with Gasteiger partial charge >= 0.3 is 0 Å². The Morgan fingerprint density at radius 3 is 2.89 bits per heavy atom. The zero-order chi connectivity index (χ0) is 12.7. The van der Waals surface area contributed by atoms with Gasteiger partial charge in [0.15, 0.2) is 4.77 Å². The molecule has 0 saturated heterocycles. The van der Waals surface area contributed by atoms with E-state index < -0.39 is 0 Å². The summed E-state index contributed by atoms with van der Waals surface area (Å²) in [5.74, 6) is 0. The van der Waals surface area contributed by atoms with Crippen LogP contribution in [0.5, 0.6) is 0 Å². The van der Waals surface area contributed by atoms with E-state index in [1.807, 2.05) is 36.1 Å². The lowest BCUT2D eigenvalue weighted by atomic mass is 10.2. The fraction of sp³-hybridized carbons (Fsp3) is 0.231. The molecule has 0 radical (unpaired) electrons. The maximum Gasteiger partial charge on any atom is 0.182 e. The van der Waals surface area contributed by atoms with Crippen molar-refractivity contribution in [2.45, 2.75) is 13.3 Å². The number of aryl methyl sites for hydroxylation is 2. The summed E-state index contributed by atoms with van der Waals surface area (Å²) in [5.41, 5.74) is 4.25. The third-order valence-corrected chi connectivity index (χ3v) is 3.33. The summed E-state index contributed by atoms with van der Waals surface area (Å²) in [4.78, 5) is 3.23. The van der Waals surface area contributed by atoms with Crippen LogP contribution in [0.1, 0.15) is 12.6 Å². The van der Waals surface area contributed by atoms with Crippen LogP contribution in [0.3, 0.4) is 0 Å². The highest BCUT2D eigenvalue weighted by Crippen LogP contribution is 2.21. The number of imidazole rings is 1. The smallest absolute Gasteiger partial charge is 0.182 e. The summed E-state index contributed by atoms with van der Waals surface area (Å²) in [6, 6.07) is 8.11. The van der Waals surface area contributed by atoms with Crippen LogP contribution in [0.4, 0.5) is 0 Å². The van der Waals surface area contributed by atoms with Gasteiger partial charge in [0.25, 0.3) is 0 Å². The molecular weight excluding hydrogens is 244 g/mol. The van der Waals surface area contributed by atoms with Crippen molar-refractivity contribution in [3.8, 4) is 5.69 Å². The summed E-state index contributed by atoms with van der Waals surface area (Å²) in [6.07, 6.45) is 2.90. The van der Waals surface area contributed by atoms with E-state index >= 15 is 0 Å². The molecule has 2 heterocycles. The van der Waals surface area contributed by atoms with Gasteiger partial charge in [-0.15, -0.1) is 0 Å². The molecule has 0 saturated carbocycles. The largest absolute Gasteiger partial charge is 0.330 e. The van der Waals surface area contributed by atoms with Crippen LogP contribution in [-0.4, -0.2) is 19.3 Å². The van der Waals surface area contributed by atoms with E-state index in [0.29, 0.717) is 4.77 Å². The number of benzene rings is 1. The molecule has 18 heavy (non-hydrogen) atoms. The Balaban J connectivity index is 2.37. The molecule has 3 aromatic rings. The topological polar surface area (TPSA) is 38.5 Å². The van der Waals surface area contributed by atoms with E-state index in [0.717, 1.165) is 28.8 Å². The second-order valence-corrected chi connectivity index (χ2v) is 4.66. The molecule has 1 aromatic carbocycles. The van der Waals surface area contributed by atoms with Crippen molar-refractivity contribution in [3.63, 3.8) is 0 Å². The average Bonchev–Trinajstić information content (AvgIpc) is 2.87. The SMILES string of the molecule is CCc1nn(C)cc1-n1c(=S)[nH]c2ccccc21. The van der Waals surface area contributed by atoms with Gasteiger partial charge in [0.1, 0.15) is 0 Å². The average molecular weight is 258 g/mol. The van der Waals surface area contributed by atoms with Crippen molar-refractivity contribution in [1.82, 2.24) is 19.3 Å². The summed E-state index contributed by atoms with van der Waals surface area (Å²) in [7, 11) is 1.93. The summed E-state index contributed by atoms with van der Waals surface area (Å²) in [6.45, 7) is 2.10. The Morgan fingerprint density at radius 1 is 1.33 bits per heavy atom. The zero-order valence-electron chi connectivity index (χ0n) is 10.3. The Labute approximate surface area is 110 Å². The first kappa shape index (κ1) is 11.2. The van der Waals surface area contributed by atoms with E-state index in [1.165, 1.54) is 0 Å². The minimum atomic E-state index is 0.707. The first-order chi connectivity index (χ1) is 8.70. The van der Waals surface area contributed by atoms with Crippen LogP contribution in [0, 0.1) is 4.77 Å². The minimum absolute atomic E-state index is 0.707. The van der Waals surface area contributed by atoms with Crippen LogP contribution < -0.4 is 0 Å². The maximum atomic E-state index is 5.42. The predicted molar refractivity (Wildman–Crippen MR) is 74.6 cm³/mol. The number of nitrogens with zero attached hydrogens (tertiary/aromatic N) is 3. The van der Waals surface area contributed by atoms with Crippen molar-refractivity contribution in [1.29, 1.82) is 0 Å². The van der Waals surface area contributed by atoms with E-state index in [9.17, 15) is 0 Å². The van der Waals surface area contributed by atoms with E-state index in [-0.39, 0.29) is 0 Å². The van der Waals surface area contributed by atoms with Crippen LogP contribution in [0.25, 0.3) is 16.7 Å². The van der Waals surface area contributed by atoms with E-state index in [2.05, 4.69) is 27.6 Å². The number of rotatable bonds is 2. The molecule has 0 unspecified atom stereocenters. The minimum Gasteiger partial charge on any atom is -0.330 e. The molecule has 5 heteroatoms. The number of aromatic nitrogens is 4. The monoisotopic (exact) mass is 258 g/mol. The molecule has 0 bridgehead atoms. The highest BCUT2D eigenvalue weighted by atomic mass is 32.1. The van der Waals surface area contributed by atoms with Crippen LogP contribution in [0.2, 0.25) is 0 Å². The molecule has 0 aliphatic carbocycles. The van der Waals surface area contributed by atoms with Gasteiger partial charge in [-0.3, -0.25) is 9.25 Å². The molecule has 92 valence electrons. The molecule has 0 atom stereocenters. The Morgan fingerprint density at radius 2 is 2.11 bits per heavy atom. The molecular formula is C13H14N4S. The number of para-hydroxylation sites is 2. The number of hydrogen-bond donors (Lipinski definition) is 1. The third-order valence-electron chi connectivity index (χ3n) is 3.05. The molecule has 0 aliphatic heterocycles. The lowest BCUT2D eigenvalue weighted by Gasteiger charge is -2.02. The lowest BCUT2D eigenvalue weighted by Crippen LogP contribution is -1.96. The van der Waals surface area contributed by atoms with Crippen molar-refractivity contribution < 1.29 is 0 Å². The third kappa shape index (κ3) is 1.59. The van der Waals surface area contributed by atoms with Crippen LogP contribution >= 0.6 is 12.2 Å². The second-order valence-electron chi connectivity index (χ2n) is 4.27. The van der Waals surface area contributed by atoms with Gasteiger partial charge in [0.05, 0.1) is 22.4 Å². The fourth-order valence-corrected chi connectivity index (χ4v) is 2.56. The molecule has 0 amide bonds. The Bertz CT molecular complexity index is 763. The number of nitrogens with one attached hydrogen (secondary N) is 1. The molecule has 0 spiro atoms. The quantitative estimate of drug-likeness (QED) is 0.718. The van der Waals surface area contributed by atoms with Gasteiger partial charge < -0.3 is 4.98 Å². The molecule has 4 nitrogen and oxygen atoms in total. The van der Waals surface area contributed by atoms with Crippen LogP contribution in [0.15, 0.2) is 30.5 Å². The second kappa shape index (κ2) is 4.10. The number of H-pyrrole nitrogens is 1. The highest BCUT2D eigenvalue weighted by molar-refractivity contribution is 7.71. The fourth-order valence-electron chi connectivity index (χ4n) is 2.25. The van der Waals surface area contributed by atoms with Gasteiger partial charge in [-0.25, -0.2) is 0 Å². The first-order valence-corrected chi connectivity index (χ1v) is 6.34. The van der Waals surface area contributed by atoms with Gasteiger partial charge in [0.2, 0.25) is 0 Å². The van der Waals surface area contributed by atoms with Crippen molar-refractivity contribution >= 4 is 23.3 Å². The lowest BCUT2D eigenvalue weighted by molar-refractivity contribution is 0.746. The molecule has 2 aromatic heterocycles. The molecule has 0 fully saturated rings. The van der Waals surface area contributed by atoms with E-state index in [4.69, 9.17) is 12.2 Å². The van der Waals surface area contributed by atoms with Gasteiger partial charge in [-0.1, -0.05) is 19.1 Å². The number of fused-ring (bicyclic) bond motifs is 1. The predicted octanol–water partition coefficient (Wildman–Crippen LogP) is 2.98. The van der Waals surface area contributed by atoms with Gasteiger partial charge in [-0.05, 0) is 30.8 Å². The summed E-state index contributed by atoms with van der Waals surface area (Å²) in [5, 5.41) is 4.47. The Hall–Kier alpha value is -1.88. The number of hydrogen-bond acceptors (Lipinski definition) is 2. The van der Waals surface area contributed by atoms with Crippen LogP contribution in [-0.2, 0) is 13.5 Å². The van der Waals surface area contributed by atoms with Gasteiger partial charge in [0, 0.05) is 13.2 Å². The summed E-state index contributed by atoms with van der Waals surface area (Å²) >= 11 is 5.42. The number of aromatic amines is 1. The maximum absolute atomic E-state index is 5.42. The Kier molecular flexibility index (Phi) is 2.56. The normalized spacial score (nSPS) is 11.2. The molecule has 1 N–H and O–H groups in total. The zero-order valence-corrected chi connectivity index (χ0v) is 11.2. The van der Waals surface area contributed by atoms with Gasteiger partial charge in [-0.2, -0.15) is 5.10 Å². The summed E-state index contributed by atoms with van der Waals surface area (Å²) < 4.78 is 4.59. The van der Waals surface area contributed by atoms with E-state index in [1.54, 1.807) is 0 Å².